The molecule has 28 heavy (non-hydrogen) atoms. The van der Waals surface area contributed by atoms with E-state index in [0.29, 0.717) is 16.9 Å². The van der Waals surface area contributed by atoms with Crippen LogP contribution in [0.15, 0.2) is 48.5 Å². The number of amides is 1. The minimum atomic E-state index is -3.38. The number of nitrogens with zero attached hydrogens (tertiary/aromatic N) is 1. The molecule has 0 saturated carbocycles. The Bertz CT molecular complexity index is 926. The molecule has 1 atom stereocenters. The number of hydrogen-bond acceptors (Lipinski definition) is 4. The van der Waals surface area contributed by atoms with Crippen LogP contribution in [-0.4, -0.2) is 38.6 Å². The van der Waals surface area contributed by atoms with Crippen LogP contribution in [-0.2, 0) is 16.6 Å². The summed E-state index contributed by atoms with van der Waals surface area (Å²) in [6, 6.07) is 14.3. The van der Waals surface area contributed by atoms with Gasteiger partial charge in [-0.15, -0.1) is 0 Å². The molecule has 1 aliphatic rings. The number of carbonyl (C=O) groups excluding carboxylic acids is 1. The number of rotatable bonds is 6. The maximum atomic E-state index is 12.5. The van der Waals surface area contributed by atoms with E-state index in [9.17, 15) is 13.2 Å². The molecule has 2 N–H and O–H groups in total. The van der Waals surface area contributed by atoms with Crippen molar-refractivity contribution in [1.82, 2.24) is 4.90 Å². The van der Waals surface area contributed by atoms with E-state index in [2.05, 4.69) is 21.9 Å². The first kappa shape index (κ1) is 20.4. The van der Waals surface area contributed by atoms with E-state index in [1.54, 1.807) is 18.2 Å². The van der Waals surface area contributed by atoms with Gasteiger partial charge in [-0.05, 0) is 61.2 Å². The first-order valence-corrected chi connectivity index (χ1v) is 11.4. The second-order valence-electron chi connectivity index (χ2n) is 7.59. The lowest BCUT2D eigenvalue weighted by Crippen LogP contribution is -2.33. The van der Waals surface area contributed by atoms with Crippen molar-refractivity contribution in [1.29, 1.82) is 0 Å². The zero-order chi connectivity index (χ0) is 20.1. The molecule has 1 unspecified atom stereocenters. The number of nitrogens with one attached hydrogen (secondary N) is 2. The number of piperidine rings is 1. The van der Waals surface area contributed by atoms with Gasteiger partial charge in [0.25, 0.3) is 5.91 Å². The van der Waals surface area contributed by atoms with E-state index in [0.717, 1.165) is 31.8 Å². The summed E-state index contributed by atoms with van der Waals surface area (Å²) in [5.74, 6) is 0.468. The van der Waals surface area contributed by atoms with E-state index in [-0.39, 0.29) is 5.91 Å². The summed E-state index contributed by atoms with van der Waals surface area (Å²) in [5, 5.41) is 2.86. The number of anilines is 2. The Hall–Kier alpha value is -2.38. The summed E-state index contributed by atoms with van der Waals surface area (Å²) in [7, 11) is -3.38. The Morgan fingerprint density at radius 2 is 1.89 bits per heavy atom. The van der Waals surface area contributed by atoms with Gasteiger partial charge in [-0.1, -0.05) is 25.1 Å². The van der Waals surface area contributed by atoms with Crippen LogP contribution in [0, 0.1) is 5.92 Å². The van der Waals surface area contributed by atoms with Crippen LogP contribution in [0.1, 0.15) is 35.7 Å². The molecule has 1 amide bonds. The van der Waals surface area contributed by atoms with Crippen LogP contribution in [0.4, 0.5) is 11.4 Å². The molecular weight excluding hydrogens is 374 g/mol. The number of benzene rings is 2. The standard InChI is InChI=1S/C21H27N3O3S/c1-16-5-4-12-24(14-16)15-17-8-10-19(11-9-17)22-21(25)18-6-3-7-20(13-18)23-28(2,26)27/h3,6-11,13,16,23H,4-5,12,14-15H2,1-2H3,(H,22,25). The topological polar surface area (TPSA) is 78.5 Å². The summed E-state index contributed by atoms with van der Waals surface area (Å²) in [6.07, 6.45) is 3.64. The van der Waals surface area contributed by atoms with Gasteiger partial charge in [-0.3, -0.25) is 14.4 Å². The van der Waals surface area contributed by atoms with Gasteiger partial charge < -0.3 is 5.32 Å². The van der Waals surface area contributed by atoms with E-state index in [4.69, 9.17) is 0 Å². The van der Waals surface area contributed by atoms with Gasteiger partial charge in [-0.25, -0.2) is 8.42 Å². The highest BCUT2D eigenvalue weighted by Crippen LogP contribution is 2.19. The summed E-state index contributed by atoms with van der Waals surface area (Å²) < 4.78 is 25.1. The fourth-order valence-electron chi connectivity index (χ4n) is 3.52. The van der Waals surface area contributed by atoms with Crippen molar-refractivity contribution >= 4 is 27.3 Å². The monoisotopic (exact) mass is 401 g/mol. The molecule has 2 aromatic carbocycles. The zero-order valence-electron chi connectivity index (χ0n) is 16.3. The van der Waals surface area contributed by atoms with Crippen molar-refractivity contribution in [3.63, 3.8) is 0 Å². The summed E-state index contributed by atoms with van der Waals surface area (Å²) in [6.45, 7) is 5.50. The Morgan fingerprint density at radius 3 is 2.57 bits per heavy atom. The van der Waals surface area contributed by atoms with Gasteiger partial charge in [0.1, 0.15) is 0 Å². The molecule has 0 aliphatic carbocycles. The first-order valence-electron chi connectivity index (χ1n) is 9.49. The Morgan fingerprint density at radius 1 is 1.14 bits per heavy atom. The second kappa shape index (κ2) is 8.75. The molecule has 1 heterocycles. The summed E-state index contributed by atoms with van der Waals surface area (Å²) in [4.78, 5) is 14.9. The lowest BCUT2D eigenvalue weighted by atomic mass is 10.00. The highest BCUT2D eigenvalue weighted by molar-refractivity contribution is 7.92. The Kier molecular flexibility index (Phi) is 6.36. The van der Waals surface area contributed by atoms with Crippen LogP contribution >= 0.6 is 0 Å². The smallest absolute Gasteiger partial charge is 0.255 e. The molecule has 7 heteroatoms. The number of likely N-dealkylation sites (tertiary alicyclic amines) is 1. The molecule has 0 spiro atoms. The third-order valence-corrected chi connectivity index (χ3v) is 5.39. The van der Waals surface area contributed by atoms with Crippen molar-refractivity contribution in [2.45, 2.75) is 26.3 Å². The molecule has 150 valence electrons. The molecule has 2 aromatic rings. The molecule has 1 fully saturated rings. The van der Waals surface area contributed by atoms with E-state index in [1.165, 1.54) is 24.5 Å². The van der Waals surface area contributed by atoms with Crippen molar-refractivity contribution in [3.05, 3.63) is 59.7 Å². The van der Waals surface area contributed by atoms with Gasteiger partial charge in [0.15, 0.2) is 0 Å². The quantitative estimate of drug-likeness (QED) is 0.776. The predicted molar refractivity (Wildman–Crippen MR) is 113 cm³/mol. The van der Waals surface area contributed by atoms with Crippen LogP contribution < -0.4 is 10.0 Å². The molecule has 1 aliphatic heterocycles. The number of carbonyl (C=O) groups is 1. The lowest BCUT2D eigenvalue weighted by molar-refractivity contribution is 0.102. The maximum Gasteiger partial charge on any atom is 0.255 e. The van der Waals surface area contributed by atoms with Crippen molar-refractivity contribution in [2.24, 2.45) is 5.92 Å². The molecule has 0 radical (unpaired) electrons. The number of sulfonamides is 1. The van der Waals surface area contributed by atoms with Crippen molar-refractivity contribution < 1.29 is 13.2 Å². The molecule has 3 rings (SSSR count). The minimum absolute atomic E-state index is 0.283. The van der Waals surface area contributed by atoms with Gasteiger partial charge >= 0.3 is 0 Å². The maximum absolute atomic E-state index is 12.5. The molecule has 6 nitrogen and oxygen atoms in total. The molecule has 0 bridgehead atoms. The third-order valence-electron chi connectivity index (χ3n) is 4.79. The van der Waals surface area contributed by atoms with Gasteiger partial charge in [0.2, 0.25) is 10.0 Å². The summed E-state index contributed by atoms with van der Waals surface area (Å²) in [5.41, 5.74) is 2.69. The Balaban J connectivity index is 1.60. The number of hydrogen-bond donors (Lipinski definition) is 2. The van der Waals surface area contributed by atoms with Gasteiger partial charge in [-0.2, -0.15) is 0 Å². The van der Waals surface area contributed by atoms with Crippen molar-refractivity contribution in [3.8, 4) is 0 Å². The molecule has 0 aromatic heterocycles. The first-order chi connectivity index (χ1) is 13.3. The molecule has 1 saturated heterocycles. The lowest BCUT2D eigenvalue weighted by Gasteiger charge is -2.30. The van der Waals surface area contributed by atoms with E-state index < -0.39 is 10.0 Å². The molecular formula is C21H27N3O3S. The third kappa shape index (κ3) is 6.07. The SMILES string of the molecule is CC1CCCN(Cc2ccc(NC(=O)c3cccc(NS(C)(=O)=O)c3)cc2)C1. The van der Waals surface area contributed by atoms with Crippen LogP contribution in [0.5, 0.6) is 0 Å². The second-order valence-corrected chi connectivity index (χ2v) is 9.34. The average Bonchev–Trinajstić information content (AvgIpc) is 2.62. The highest BCUT2D eigenvalue weighted by Gasteiger charge is 2.16. The highest BCUT2D eigenvalue weighted by atomic mass is 32.2. The largest absolute Gasteiger partial charge is 0.322 e. The van der Waals surface area contributed by atoms with Crippen LogP contribution in [0.3, 0.4) is 0 Å². The van der Waals surface area contributed by atoms with Gasteiger partial charge in [0.05, 0.1) is 6.26 Å². The predicted octanol–water partition coefficient (Wildman–Crippen LogP) is 3.54. The summed E-state index contributed by atoms with van der Waals surface area (Å²) >= 11 is 0. The normalized spacial score (nSPS) is 17.9. The average molecular weight is 402 g/mol. The van der Waals surface area contributed by atoms with Gasteiger partial charge in [0, 0.05) is 30.0 Å². The van der Waals surface area contributed by atoms with E-state index >= 15 is 0 Å². The minimum Gasteiger partial charge on any atom is -0.322 e. The van der Waals surface area contributed by atoms with Crippen LogP contribution in [0.25, 0.3) is 0 Å². The fourth-order valence-corrected chi connectivity index (χ4v) is 4.08. The van der Waals surface area contributed by atoms with E-state index in [1.807, 2.05) is 24.3 Å². The Labute approximate surface area is 167 Å². The van der Waals surface area contributed by atoms with Crippen molar-refractivity contribution in [2.75, 3.05) is 29.4 Å². The zero-order valence-corrected chi connectivity index (χ0v) is 17.1. The fraction of sp³-hybridized carbons (Fsp3) is 0.381. The van der Waals surface area contributed by atoms with Crippen LogP contribution in [0.2, 0.25) is 0 Å².